The summed E-state index contributed by atoms with van der Waals surface area (Å²) in [5, 5.41) is 12.0. The fraction of sp³-hybridized carbons (Fsp3) is 0.467. The van der Waals surface area contributed by atoms with Crippen molar-refractivity contribution in [1.82, 2.24) is 0 Å². The van der Waals surface area contributed by atoms with Crippen molar-refractivity contribution in [3.05, 3.63) is 28.8 Å². The van der Waals surface area contributed by atoms with Gasteiger partial charge in [0.05, 0.1) is 23.2 Å². The highest BCUT2D eigenvalue weighted by Crippen LogP contribution is 2.19. The van der Waals surface area contributed by atoms with Gasteiger partial charge in [-0.1, -0.05) is 11.6 Å². The Morgan fingerprint density at radius 3 is 3.00 bits per heavy atom. The van der Waals surface area contributed by atoms with E-state index in [1.165, 1.54) is 24.2 Å². The van der Waals surface area contributed by atoms with Crippen LogP contribution in [-0.4, -0.2) is 25.0 Å². The molecule has 1 aromatic carbocycles. The second kappa shape index (κ2) is 6.74. The van der Waals surface area contributed by atoms with E-state index in [9.17, 15) is 4.79 Å². The summed E-state index contributed by atoms with van der Waals surface area (Å²) in [6, 6.07) is 7.48. The first-order valence-electron chi connectivity index (χ1n) is 6.94. The molecule has 0 aromatic heterocycles. The van der Waals surface area contributed by atoms with Gasteiger partial charge in [0.15, 0.2) is 6.54 Å². The van der Waals surface area contributed by atoms with Gasteiger partial charge in [-0.25, -0.2) is 0 Å². The smallest absolute Gasteiger partial charge is 0.279 e. The number of piperidine rings is 1. The molecule has 0 bridgehead atoms. The van der Waals surface area contributed by atoms with E-state index < -0.39 is 0 Å². The number of carbonyl (C=O) groups is 1. The van der Waals surface area contributed by atoms with Gasteiger partial charge in [-0.05, 0) is 44.4 Å². The van der Waals surface area contributed by atoms with Gasteiger partial charge in [0.2, 0.25) is 0 Å². The lowest BCUT2D eigenvalue weighted by Crippen LogP contribution is -3.17. The number of nitrogens with one attached hydrogen (secondary N) is 2. The van der Waals surface area contributed by atoms with Gasteiger partial charge in [-0.2, -0.15) is 5.26 Å². The lowest BCUT2D eigenvalue weighted by molar-refractivity contribution is -0.920. The van der Waals surface area contributed by atoms with Crippen LogP contribution >= 0.6 is 11.6 Å². The lowest BCUT2D eigenvalue weighted by atomic mass is 10.0. The number of benzene rings is 1. The Morgan fingerprint density at radius 2 is 2.35 bits per heavy atom. The Balaban J connectivity index is 1.94. The van der Waals surface area contributed by atoms with Gasteiger partial charge in [0.1, 0.15) is 6.07 Å². The zero-order valence-corrected chi connectivity index (χ0v) is 12.3. The van der Waals surface area contributed by atoms with E-state index in [1.807, 2.05) is 6.07 Å². The van der Waals surface area contributed by atoms with Crippen molar-refractivity contribution in [2.24, 2.45) is 0 Å². The number of hydrogen-bond donors (Lipinski definition) is 2. The Bertz CT molecular complexity index is 538. The highest BCUT2D eigenvalue weighted by molar-refractivity contribution is 6.32. The first-order chi connectivity index (χ1) is 9.60. The SMILES string of the molecule is C[C@H]1CCCC[NH+]1CC(=O)Nc1ccc(C#N)c(Cl)c1. The fourth-order valence-corrected chi connectivity index (χ4v) is 2.83. The van der Waals surface area contributed by atoms with Crippen LogP contribution in [0, 0.1) is 11.3 Å². The molecule has 0 radical (unpaired) electrons. The number of nitriles is 1. The highest BCUT2D eigenvalue weighted by Gasteiger charge is 2.24. The molecular formula is C15H19ClN3O+. The van der Waals surface area contributed by atoms with Gasteiger partial charge in [0, 0.05) is 5.69 Å². The largest absolute Gasteiger partial charge is 0.325 e. The predicted molar refractivity (Wildman–Crippen MR) is 78.8 cm³/mol. The third-order valence-corrected chi connectivity index (χ3v) is 4.16. The lowest BCUT2D eigenvalue weighted by Gasteiger charge is -2.29. The molecule has 1 aliphatic heterocycles. The van der Waals surface area contributed by atoms with E-state index in [4.69, 9.17) is 16.9 Å². The molecule has 0 saturated carbocycles. The molecule has 2 atom stereocenters. The number of carbonyl (C=O) groups excluding carboxylic acids is 1. The number of rotatable bonds is 3. The molecule has 4 nitrogen and oxygen atoms in total. The van der Waals surface area contributed by atoms with E-state index in [0.717, 1.165) is 6.54 Å². The molecule has 1 aromatic rings. The summed E-state index contributed by atoms with van der Waals surface area (Å²) in [6.45, 7) is 3.74. The average molecular weight is 293 g/mol. The van der Waals surface area contributed by atoms with E-state index in [-0.39, 0.29) is 5.91 Å². The molecule has 1 aliphatic rings. The second-order valence-corrected chi connectivity index (χ2v) is 5.74. The zero-order valence-electron chi connectivity index (χ0n) is 11.6. The number of quaternary nitrogens is 1. The molecule has 2 rings (SSSR count). The van der Waals surface area contributed by atoms with Gasteiger partial charge >= 0.3 is 0 Å². The van der Waals surface area contributed by atoms with Gasteiger partial charge in [-0.15, -0.1) is 0 Å². The van der Waals surface area contributed by atoms with Crippen LogP contribution in [0.3, 0.4) is 0 Å². The van der Waals surface area contributed by atoms with Crippen LogP contribution in [0.25, 0.3) is 0 Å². The summed E-state index contributed by atoms with van der Waals surface area (Å²) < 4.78 is 0. The normalized spacial score (nSPS) is 22.1. The Kier molecular flexibility index (Phi) is 4.99. The summed E-state index contributed by atoms with van der Waals surface area (Å²) in [7, 11) is 0. The van der Waals surface area contributed by atoms with Crippen molar-refractivity contribution in [3.63, 3.8) is 0 Å². The second-order valence-electron chi connectivity index (χ2n) is 5.34. The van der Waals surface area contributed by atoms with Crippen molar-refractivity contribution >= 4 is 23.2 Å². The molecule has 5 heteroatoms. The molecule has 1 unspecified atom stereocenters. The van der Waals surface area contributed by atoms with Crippen molar-refractivity contribution in [2.75, 3.05) is 18.4 Å². The minimum absolute atomic E-state index is 0.00507. The summed E-state index contributed by atoms with van der Waals surface area (Å²) in [5.41, 5.74) is 1.06. The molecule has 20 heavy (non-hydrogen) atoms. The average Bonchev–Trinajstić information content (AvgIpc) is 2.41. The number of amides is 1. The number of anilines is 1. The monoisotopic (exact) mass is 292 g/mol. The van der Waals surface area contributed by atoms with E-state index in [1.54, 1.807) is 18.2 Å². The summed E-state index contributed by atoms with van der Waals surface area (Å²) in [5.74, 6) is -0.00507. The van der Waals surface area contributed by atoms with Crippen LogP contribution in [-0.2, 0) is 4.79 Å². The number of nitrogens with zero attached hydrogens (tertiary/aromatic N) is 1. The van der Waals surface area contributed by atoms with Crippen LogP contribution in [0.5, 0.6) is 0 Å². The number of halogens is 1. The first-order valence-corrected chi connectivity index (χ1v) is 7.32. The van der Waals surface area contributed by atoms with Crippen molar-refractivity contribution in [3.8, 4) is 6.07 Å². The minimum Gasteiger partial charge on any atom is -0.325 e. The standard InChI is InChI=1S/C15H18ClN3O/c1-11-4-2-3-7-19(11)10-15(20)18-13-6-5-12(9-17)14(16)8-13/h5-6,8,11H,2-4,7,10H2,1H3,(H,18,20)/p+1/t11-/m0/s1. The first kappa shape index (κ1) is 14.8. The van der Waals surface area contributed by atoms with Gasteiger partial charge < -0.3 is 10.2 Å². The summed E-state index contributed by atoms with van der Waals surface area (Å²) in [4.78, 5) is 13.4. The third kappa shape index (κ3) is 3.72. The zero-order chi connectivity index (χ0) is 14.5. The fourth-order valence-electron chi connectivity index (χ4n) is 2.61. The quantitative estimate of drug-likeness (QED) is 0.889. The predicted octanol–water partition coefficient (Wildman–Crippen LogP) is 1.61. The molecule has 0 spiro atoms. The van der Waals surface area contributed by atoms with Crippen molar-refractivity contribution in [1.29, 1.82) is 5.26 Å². The molecule has 1 heterocycles. The van der Waals surface area contributed by atoms with Crippen LogP contribution in [0.1, 0.15) is 31.7 Å². The Hall–Kier alpha value is -1.57. The molecule has 0 aliphatic carbocycles. The maximum atomic E-state index is 12.1. The van der Waals surface area contributed by atoms with Gasteiger partial charge in [0.25, 0.3) is 5.91 Å². The van der Waals surface area contributed by atoms with E-state index in [2.05, 4.69) is 12.2 Å². The maximum absolute atomic E-state index is 12.1. The van der Waals surface area contributed by atoms with Crippen molar-refractivity contribution in [2.45, 2.75) is 32.2 Å². The van der Waals surface area contributed by atoms with Crippen molar-refractivity contribution < 1.29 is 9.69 Å². The maximum Gasteiger partial charge on any atom is 0.279 e. The third-order valence-electron chi connectivity index (χ3n) is 3.84. The number of hydrogen-bond acceptors (Lipinski definition) is 2. The molecule has 1 amide bonds. The topological polar surface area (TPSA) is 57.3 Å². The molecule has 106 valence electrons. The highest BCUT2D eigenvalue weighted by atomic mass is 35.5. The number of likely N-dealkylation sites (tertiary alicyclic amines) is 1. The van der Waals surface area contributed by atoms with Crippen LogP contribution < -0.4 is 10.2 Å². The molecule has 2 N–H and O–H groups in total. The molecule has 1 fully saturated rings. The summed E-state index contributed by atoms with van der Waals surface area (Å²) in [6.07, 6.45) is 3.64. The molecule has 1 saturated heterocycles. The van der Waals surface area contributed by atoms with Crippen LogP contribution in [0.2, 0.25) is 5.02 Å². The minimum atomic E-state index is -0.00507. The Labute approximate surface area is 124 Å². The van der Waals surface area contributed by atoms with E-state index >= 15 is 0 Å². The Morgan fingerprint density at radius 1 is 1.55 bits per heavy atom. The van der Waals surface area contributed by atoms with E-state index in [0.29, 0.717) is 28.9 Å². The van der Waals surface area contributed by atoms with Crippen LogP contribution in [0.4, 0.5) is 5.69 Å². The van der Waals surface area contributed by atoms with Gasteiger partial charge in [-0.3, -0.25) is 4.79 Å². The van der Waals surface area contributed by atoms with Crippen LogP contribution in [0.15, 0.2) is 18.2 Å². The molecular weight excluding hydrogens is 274 g/mol. The summed E-state index contributed by atoms with van der Waals surface area (Å²) >= 11 is 5.95.